The molecule has 0 bridgehead atoms. The monoisotopic (exact) mass is 350 g/mol. The molecule has 7 heteroatoms. The first-order valence-corrected chi connectivity index (χ1v) is 8.26. The summed E-state index contributed by atoms with van der Waals surface area (Å²) < 4.78 is 4.95. The molecule has 23 heavy (non-hydrogen) atoms. The molecular formula is C16H15ClN2O3S. The second-order valence-corrected chi connectivity index (χ2v) is 5.90. The second kappa shape index (κ2) is 7.89. The van der Waals surface area contributed by atoms with E-state index in [1.165, 1.54) is 18.2 Å². The molecule has 0 saturated heterocycles. The number of carbonyl (C=O) groups excluding carboxylic acids is 2. The number of benzene rings is 2. The molecule has 5 nitrogen and oxygen atoms in total. The van der Waals surface area contributed by atoms with Gasteiger partial charge in [0, 0.05) is 21.3 Å². The number of nitrogen functional groups attached to an aromatic ring is 1. The predicted molar refractivity (Wildman–Crippen MR) is 93.0 cm³/mol. The first-order chi connectivity index (χ1) is 11.0. The highest BCUT2D eigenvalue weighted by Crippen LogP contribution is 2.19. The van der Waals surface area contributed by atoms with Crippen molar-refractivity contribution in [2.75, 3.05) is 23.9 Å². The Hall–Kier alpha value is -2.18. The summed E-state index contributed by atoms with van der Waals surface area (Å²) in [5, 5.41) is 3.07. The van der Waals surface area contributed by atoms with Crippen molar-refractivity contribution in [3.8, 4) is 0 Å². The summed E-state index contributed by atoms with van der Waals surface area (Å²) in [6.07, 6.45) is 1.97. The summed E-state index contributed by atoms with van der Waals surface area (Å²) in [5.74, 6) is -1.10. The predicted octanol–water partition coefficient (Wildman–Crippen LogP) is 3.44. The average molecular weight is 351 g/mol. The zero-order chi connectivity index (χ0) is 16.8. The van der Waals surface area contributed by atoms with E-state index in [9.17, 15) is 9.59 Å². The number of nitrogens with two attached hydrogens (primary N) is 1. The molecule has 2 rings (SSSR count). The van der Waals surface area contributed by atoms with Gasteiger partial charge in [0.2, 0.25) is 0 Å². The van der Waals surface area contributed by atoms with E-state index < -0.39 is 18.5 Å². The van der Waals surface area contributed by atoms with E-state index in [1.807, 2.05) is 18.4 Å². The highest BCUT2D eigenvalue weighted by Gasteiger charge is 2.13. The van der Waals surface area contributed by atoms with Crippen LogP contribution in [0.4, 0.5) is 11.4 Å². The number of hydrogen-bond acceptors (Lipinski definition) is 5. The topological polar surface area (TPSA) is 81.4 Å². The van der Waals surface area contributed by atoms with Crippen LogP contribution in [0.25, 0.3) is 0 Å². The molecule has 0 atom stereocenters. The van der Waals surface area contributed by atoms with Gasteiger partial charge in [0.15, 0.2) is 6.61 Å². The molecular weight excluding hydrogens is 336 g/mol. The summed E-state index contributed by atoms with van der Waals surface area (Å²) >= 11 is 7.37. The average Bonchev–Trinajstić information content (AvgIpc) is 2.53. The number of rotatable bonds is 5. The van der Waals surface area contributed by atoms with E-state index in [0.29, 0.717) is 10.7 Å². The van der Waals surface area contributed by atoms with Gasteiger partial charge in [-0.2, -0.15) is 0 Å². The van der Waals surface area contributed by atoms with Gasteiger partial charge in [-0.3, -0.25) is 4.79 Å². The van der Waals surface area contributed by atoms with Crippen LogP contribution in [-0.2, 0) is 9.53 Å². The Morgan fingerprint density at radius 3 is 2.52 bits per heavy atom. The maximum atomic E-state index is 11.9. The molecule has 0 aliphatic carbocycles. The minimum absolute atomic E-state index is 0.173. The Morgan fingerprint density at radius 1 is 1.22 bits per heavy atom. The van der Waals surface area contributed by atoms with Gasteiger partial charge in [-0.15, -0.1) is 11.8 Å². The molecule has 2 aromatic carbocycles. The van der Waals surface area contributed by atoms with Crippen LogP contribution in [-0.4, -0.2) is 24.7 Å². The third-order valence-electron chi connectivity index (χ3n) is 2.94. The van der Waals surface area contributed by atoms with Crippen LogP contribution < -0.4 is 11.1 Å². The molecule has 0 spiro atoms. The van der Waals surface area contributed by atoms with E-state index >= 15 is 0 Å². The number of ether oxygens (including phenoxy) is 1. The van der Waals surface area contributed by atoms with Gasteiger partial charge >= 0.3 is 5.97 Å². The van der Waals surface area contributed by atoms with Gasteiger partial charge in [0.05, 0.1) is 5.56 Å². The van der Waals surface area contributed by atoms with Crippen molar-refractivity contribution < 1.29 is 14.3 Å². The van der Waals surface area contributed by atoms with E-state index in [1.54, 1.807) is 23.9 Å². The molecule has 2 aromatic rings. The van der Waals surface area contributed by atoms with E-state index in [4.69, 9.17) is 22.1 Å². The first kappa shape index (κ1) is 17.2. The number of carbonyl (C=O) groups is 2. The van der Waals surface area contributed by atoms with E-state index in [2.05, 4.69) is 5.32 Å². The zero-order valence-corrected chi connectivity index (χ0v) is 13.9. The third kappa shape index (κ3) is 4.91. The second-order valence-electron chi connectivity index (χ2n) is 4.58. The molecule has 0 fully saturated rings. The Bertz CT molecular complexity index is 720. The smallest absolute Gasteiger partial charge is 0.340 e. The minimum Gasteiger partial charge on any atom is -0.452 e. The maximum absolute atomic E-state index is 11.9. The fourth-order valence-corrected chi connectivity index (χ4v) is 2.39. The summed E-state index contributed by atoms with van der Waals surface area (Å²) in [6, 6.07) is 11.8. The zero-order valence-electron chi connectivity index (χ0n) is 12.3. The van der Waals surface area contributed by atoms with Crippen molar-refractivity contribution in [1.82, 2.24) is 0 Å². The first-order valence-electron chi connectivity index (χ1n) is 6.65. The molecule has 0 radical (unpaired) electrons. The van der Waals surface area contributed by atoms with Crippen molar-refractivity contribution in [3.63, 3.8) is 0 Å². The van der Waals surface area contributed by atoms with E-state index in [0.717, 1.165) is 4.90 Å². The quantitative estimate of drug-likeness (QED) is 0.490. The number of thioether (sulfide) groups is 1. The molecule has 1 amide bonds. The van der Waals surface area contributed by atoms with E-state index in [-0.39, 0.29) is 11.3 Å². The van der Waals surface area contributed by atoms with Gasteiger partial charge in [-0.1, -0.05) is 11.6 Å². The molecule has 0 aliphatic rings. The number of esters is 1. The van der Waals surface area contributed by atoms with Crippen molar-refractivity contribution in [2.45, 2.75) is 4.90 Å². The number of anilines is 2. The molecule has 0 saturated carbocycles. The molecule has 0 unspecified atom stereocenters. The summed E-state index contributed by atoms with van der Waals surface area (Å²) in [6.45, 7) is -0.398. The van der Waals surface area contributed by atoms with Crippen LogP contribution >= 0.6 is 23.4 Å². The fraction of sp³-hybridized carbons (Fsp3) is 0.125. The van der Waals surface area contributed by atoms with Crippen LogP contribution in [0.15, 0.2) is 47.4 Å². The standard InChI is InChI=1S/C16H15ClN2O3S/c1-23-12-5-3-11(4-6-12)19-15(20)9-22-16(21)13-7-2-10(17)8-14(13)18/h2-8H,9,18H2,1H3,(H,19,20). The Kier molecular flexibility index (Phi) is 5.90. The van der Waals surface area contributed by atoms with Crippen LogP contribution in [0.3, 0.4) is 0 Å². The van der Waals surface area contributed by atoms with Crippen LogP contribution in [0, 0.1) is 0 Å². The third-order valence-corrected chi connectivity index (χ3v) is 3.92. The lowest BCUT2D eigenvalue weighted by atomic mass is 10.2. The summed E-state index contributed by atoms with van der Waals surface area (Å²) in [7, 11) is 0. The molecule has 0 heterocycles. The van der Waals surface area contributed by atoms with Gasteiger partial charge in [0.1, 0.15) is 0 Å². The number of amides is 1. The Labute approximate surface area is 143 Å². The van der Waals surface area contributed by atoms with Gasteiger partial charge in [-0.25, -0.2) is 4.79 Å². The van der Waals surface area contributed by atoms with Crippen LogP contribution in [0.5, 0.6) is 0 Å². The van der Waals surface area contributed by atoms with Gasteiger partial charge < -0.3 is 15.8 Å². The Balaban J connectivity index is 1.89. The lowest BCUT2D eigenvalue weighted by molar-refractivity contribution is -0.119. The number of halogens is 1. The van der Waals surface area contributed by atoms with Gasteiger partial charge in [0.25, 0.3) is 5.91 Å². The maximum Gasteiger partial charge on any atom is 0.340 e. The summed E-state index contributed by atoms with van der Waals surface area (Å²) in [5.41, 5.74) is 6.70. The largest absolute Gasteiger partial charge is 0.452 e. The fourth-order valence-electron chi connectivity index (χ4n) is 1.80. The van der Waals surface area contributed by atoms with Crippen molar-refractivity contribution >= 4 is 46.6 Å². The lowest BCUT2D eigenvalue weighted by Gasteiger charge is -2.08. The Morgan fingerprint density at radius 2 is 1.91 bits per heavy atom. The van der Waals surface area contributed by atoms with Crippen molar-refractivity contribution in [2.24, 2.45) is 0 Å². The normalized spacial score (nSPS) is 10.2. The lowest BCUT2D eigenvalue weighted by Crippen LogP contribution is -2.21. The molecule has 0 aromatic heterocycles. The van der Waals surface area contributed by atoms with Crippen LogP contribution in [0.1, 0.15) is 10.4 Å². The van der Waals surface area contributed by atoms with Gasteiger partial charge in [-0.05, 0) is 48.7 Å². The highest BCUT2D eigenvalue weighted by atomic mass is 35.5. The summed E-state index contributed by atoms with van der Waals surface area (Å²) in [4.78, 5) is 24.8. The molecule has 3 N–H and O–H groups in total. The minimum atomic E-state index is -0.674. The number of hydrogen-bond donors (Lipinski definition) is 2. The highest BCUT2D eigenvalue weighted by molar-refractivity contribution is 7.98. The van der Waals surface area contributed by atoms with Crippen LogP contribution in [0.2, 0.25) is 5.02 Å². The van der Waals surface area contributed by atoms with Crippen molar-refractivity contribution in [3.05, 3.63) is 53.1 Å². The number of nitrogens with one attached hydrogen (secondary N) is 1. The molecule has 120 valence electrons. The molecule has 0 aliphatic heterocycles. The van der Waals surface area contributed by atoms with Crippen molar-refractivity contribution in [1.29, 1.82) is 0 Å². The SMILES string of the molecule is CSc1ccc(NC(=O)COC(=O)c2ccc(Cl)cc2N)cc1.